The van der Waals surface area contributed by atoms with Crippen LogP contribution >= 0.6 is 22.9 Å². The molecule has 1 aromatic heterocycles. The van der Waals surface area contributed by atoms with Crippen LogP contribution in [0.5, 0.6) is 11.5 Å². The quantitative estimate of drug-likeness (QED) is 0.397. The minimum atomic E-state index is -0.589. The lowest BCUT2D eigenvalue weighted by molar-refractivity contribution is -0.133. The van der Waals surface area contributed by atoms with Gasteiger partial charge in [-0.3, -0.25) is 4.79 Å². The van der Waals surface area contributed by atoms with Gasteiger partial charge in [-0.05, 0) is 47.3 Å². The van der Waals surface area contributed by atoms with Gasteiger partial charge in [-0.15, -0.1) is 11.3 Å². The molecular formula is C25H25ClFN3O5S. The van der Waals surface area contributed by atoms with Crippen LogP contribution in [0.3, 0.4) is 0 Å². The number of methoxy groups -OCH3 is 1. The predicted octanol–water partition coefficient (Wildman–Crippen LogP) is 4.98. The van der Waals surface area contributed by atoms with Crippen LogP contribution in [0, 0.1) is 5.82 Å². The summed E-state index contributed by atoms with van der Waals surface area (Å²) in [5, 5.41) is 4.50. The van der Waals surface area contributed by atoms with Crippen LogP contribution in [0.15, 0.2) is 53.9 Å². The zero-order chi connectivity index (χ0) is 25.5. The number of urea groups is 1. The second kappa shape index (κ2) is 12.1. The third-order valence-corrected chi connectivity index (χ3v) is 6.59. The Morgan fingerprint density at radius 1 is 1.11 bits per heavy atom. The Hall–Kier alpha value is -3.34. The van der Waals surface area contributed by atoms with E-state index in [0.717, 1.165) is 16.5 Å². The normalized spacial score (nSPS) is 11.9. The van der Waals surface area contributed by atoms with Crippen LogP contribution in [0.25, 0.3) is 0 Å². The smallest absolute Gasteiger partial charge is 0.322 e. The fourth-order valence-corrected chi connectivity index (χ4v) is 4.48. The zero-order valence-corrected chi connectivity index (χ0v) is 21.1. The number of nitrogens with zero attached hydrogens (tertiary/aromatic N) is 2. The topological polar surface area (TPSA) is 80.3 Å². The molecule has 2 heterocycles. The van der Waals surface area contributed by atoms with Gasteiger partial charge >= 0.3 is 6.03 Å². The Morgan fingerprint density at radius 3 is 2.69 bits per heavy atom. The van der Waals surface area contributed by atoms with Gasteiger partial charge in [0, 0.05) is 30.8 Å². The van der Waals surface area contributed by atoms with Gasteiger partial charge in [0.2, 0.25) is 12.7 Å². The molecule has 0 spiro atoms. The first-order valence-corrected chi connectivity index (χ1v) is 12.4. The number of thiophene rings is 1. The number of hydrogen-bond acceptors (Lipinski definition) is 6. The maximum atomic E-state index is 13.5. The Kier molecular flexibility index (Phi) is 8.63. The van der Waals surface area contributed by atoms with Crippen LogP contribution in [-0.4, -0.2) is 55.3 Å². The van der Waals surface area contributed by atoms with Gasteiger partial charge in [0.15, 0.2) is 11.5 Å². The zero-order valence-electron chi connectivity index (χ0n) is 19.5. The lowest BCUT2D eigenvalue weighted by Crippen LogP contribution is -2.45. The van der Waals surface area contributed by atoms with Crippen molar-refractivity contribution in [1.29, 1.82) is 0 Å². The average molecular weight is 534 g/mol. The third-order valence-electron chi connectivity index (χ3n) is 5.44. The van der Waals surface area contributed by atoms with E-state index in [4.69, 9.17) is 25.8 Å². The molecule has 1 aliphatic heterocycles. The molecule has 0 atom stereocenters. The fraction of sp³-hybridized carbons (Fsp3) is 0.280. The summed E-state index contributed by atoms with van der Waals surface area (Å²) in [6.45, 7) is 1.11. The third kappa shape index (κ3) is 6.66. The van der Waals surface area contributed by atoms with Crippen LogP contribution < -0.4 is 14.8 Å². The number of nitrogens with one attached hydrogen (secondary N) is 1. The highest BCUT2D eigenvalue weighted by atomic mass is 35.5. The number of fused-ring (bicyclic) bond motifs is 1. The van der Waals surface area contributed by atoms with E-state index in [-0.39, 0.29) is 37.4 Å². The molecule has 1 N–H and O–H groups in total. The minimum Gasteiger partial charge on any atom is -0.454 e. The Balaban J connectivity index is 1.49. The van der Waals surface area contributed by atoms with E-state index in [1.165, 1.54) is 24.1 Å². The van der Waals surface area contributed by atoms with Crippen molar-refractivity contribution in [2.75, 3.05) is 38.9 Å². The molecule has 36 heavy (non-hydrogen) atoms. The van der Waals surface area contributed by atoms with Gasteiger partial charge in [0.05, 0.1) is 18.2 Å². The number of anilines is 1. The van der Waals surface area contributed by atoms with Crippen molar-refractivity contribution < 1.29 is 28.2 Å². The van der Waals surface area contributed by atoms with Crippen molar-refractivity contribution in [2.24, 2.45) is 0 Å². The van der Waals surface area contributed by atoms with E-state index in [2.05, 4.69) is 5.32 Å². The van der Waals surface area contributed by atoms with Crippen LogP contribution in [0.4, 0.5) is 14.9 Å². The van der Waals surface area contributed by atoms with E-state index in [1.54, 1.807) is 16.2 Å². The molecule has 0 fully saturated rings. The molecule has 0 unspecified atom stereocenters. The number of rotatable bonds is 10. The first kappa shape index (κ1) is 25.7. The Labute approximate surface area is 217 Å². The first-order chi connectivity index (χ1) is 17.4. The summed E-state index contributed by atoms with van der Waals surface area (Å²) >= 11 is 7.38. The van der Waals surface area contributed by atoms with Gasteiger partial charge < -0.3 is 29.3 Å². The van der Waals surface area contributed by atoms with Crippen LogP contribution in [0.2, 0.25) is 5.02 Å². The molecule has 190 valence electrons. The van der Waals surface area contributed by atoms with Gasteiger partial charge in [-0.1, -0.05) is 23.7 Å². The molecule has 0 saturated heterocycles. The molecule has 0 saturated carbocycles. The molecule has 3 amide bonds. The average Bonchev–Trinajstić information content (AvgIpc) is 3.55. The van der Waals surface area contributed by atoms with Gasteiger partial charge in [0.1, 0.15) is 12.4 Å². The van der Waals surface area contributed by atoms with E-state index < -0.39 is 11.8 Å². The summed E-state index contributed by atoms with van der Waals surface area (Å²) in [7, 11) is 1.51. The van der Waals surface area contributed by atoms with Gasteiger partial charge in [0.25, 0.3) is 0 Å². The van der Waals surface area contributed by atoms with Crippen LogP contribution in [-0.2, 0) is 22.6 Å². The van der Waals surface area contributed by atoms with Crippen molar-refractivity contribution in [3.8, 4) is 11.5 Å². The number of ether oxygens (including phenoxy) is 3. The molecule has 4 rings (SSSR count). The standard InChI is InChI=1S/C25H25ClFN3O5S/c1-33-9-8-29(25(32)28-18-5-6-21(27)20(26)12-18)15-24(31)30(14-19-3-2-10-36-19)13-17-4-7-22-23(11-17)35-16-34-22/h2-7,10-12H,8-9,13-16H2,1H3,(H,28,32). The summed E-state index contributed by atoms with van der Waals surface area (Å²) in [4.78, 5) is 30.5. The number of hydrogen-bond donors (Lipinski definition) is 1. The maximum absolute atomic E-state index is 13.5. The second-order valence-electron chi connectivity index (χ2n) is 7.99. The summed E-state index contributed by atoms with van der Waals surface area (Å²) < 4.78 is 29.5. The number of carbonyl (C=O) groups excluding carboxylic acids is 2. The van der Waals surface area contributed by atoms with Crippen LogP contribution in [0.1, 0.15) is 10.4 Å². The molecule has 8 nitrogen and oxygen atoms in total. The molecule has 0 aliphatic carbocycles. The summed E-state index contributed by atoms with van der Waals surface area (Å²) in [6, 6.07) is 12.8. The molecule has 3 aromatic rings. The van der Waals surface area contributed by atoms with Crippen molar-refractivity contribution >= 4 is 40.6 Å². The number of benzene rings is 2. The Bertz CT molecular complexity index is 1210. The summed E-state index contributed by atoms with van der Waals surface area (Å²) in [6.07, 6.45) is 0. The second-order valence-corrected chi connectivity index (χ2v) is 9.43. The highest BCUT2D eigenvalue weighted by molar-refractivity contribution is 7.09. The molecule has 0 bridgehead atoms. The van der Waals surface area contributed by atoms with E-state index in [9.17, 15) is 14.0 Å². The molecular weight excluding hydrogens is 509 g/mol. The molecule has 11 heteroatoms. The van der Waals surface area contributed by atoms with E-state index in [0.29, 0.717) is 30.3 Å². The first-order valence-electron chi connectivity index (χ1n) is 11.1. The molecule has 0 radical (unpaired) electrons. The van der Waals surface area contributed by atoms with Crippen molar-refractivity contribution in [3.05, 3.63) is 75.2 Å². The SMILES string of the molecule is COCCN(CC(=O)N(Cc1ccc2c(c1)OCO2)Cc1cccs1)C(=O)Nc1ccc(F)c(Cl)c1. The summed E-state index contributed by atoms with van der Waals surface area (Å²) in [5.74, 6) is 0.464. The van der Waals surface area contributed by atoms with E-state index in [1.807, 2.05) is 35.7 Å². The summed E-state index contributed by atoms with van der Waals surface area (Å²) in [5.41, 5.74) is 1.19. The molecule has 1 aliphatic rings. The highest BCUT2D eigenvalue weighted by Crippen LogP contribution is 2.33. The number of carbonyl (C=O) groups is 2. The maximum Gasteiger partial charge on any atom is 0.322 e. The monoisotopic (exact) mass is 533 g/mol. The largest absolute Gasteiger partial charge is 0.454 e. The minimum absolute atomic E-state index is 0.113. The van der Waals surface area contributed by atoms with Gasteiger partial charge in [-0.25, -0.2) is 9.18 Å². The number of amides is 3. The van der Waals surface area contributed by atoms with Gasteiger partial charge in [-0.2, -0.15) is 0 Å². The highest BCUT2D eigenvalue weighted by Gasteiger charge is 2.23. The molecule has 2 aromatic carbocycles. The van der Waals surface area contributed by atoms with E-state index >= 15 is 0 Å². The fourth-order valence-electron chi connectivity index (χ4n) is 3.58. The lowest BCUT2D eigenvalue weighted by atomic mass is 10.2. The van der Waals surface area contributed by atoms with Crippen molar-refractivity contribution in [2.45, 2.75) is 13.1 Å². The predicted molar refractivity (Wildman–Crippen MR) is 135 cm³/mol. The Morgan fingerprint density at radius 2 is 1.94 bits per heavy atom. The van der Waals surface area contributed by atoms with Crippen molar-refractivity contribution in [1.82, 2.24) is 9.80 Å². The lowest BCUT2D eigenvalue weighted by Gasteiger charge is -2.28. The number of halogens is 2. The van der Waals surface area contributed by atoms with Crippen molar-refractivity contribution in [3.63, 3.8) is 0 Å².